The zero-order chi connectivity index (χ0) is 22.9. The molecule has 2 heterocycles. The minimum Gasteiger partial charge on any atom is -0.497 e. The van der Waals surface area contributed by atoms with Crippen LogP contribution in [0.3, 0.4) is 0 Å². The lowest BCUT2D eigenvalue weighted by molar-refractivity contribution is -0.133. The van der Waals surface area contributed by atoms with Gasteiger partial charge >= 0.3 is 0 Å². The van der Waals surface area contributed by atoms with Crippen molar-refractivity contribution in [3.63, 3.8) is 0 Å². The third-order valence-electron chi connectivity index (χ3n) is 5.18. The van der Waals surface area contributed by atoms with Crippen molar-refractivity contribution in [2.75, 3.05) is 33.9 Å². The molecule has 1 aromatic carbocycles. The van der Waals surface area contributed by atoms with Crippen LogP contribution in [0, 0.1) is 0 Å². The number of aryl methyl sites for hydroxylation is 1. The van der Waals surface area contributed by atoms with Crippen LogP contribution in [-0.2, 0) is 29.7 Å². The average molecular weight is 440 g/mol. The van der Waals surface area contributed by atoms with Crippen LogP contribution >= 0.6 is 0 Å². The maximum Gasteiger partial charge on any atom is 0.254 e. The van der Waals surface area contributed by atoms with E-state index < -0.39 is 0 Å². The van der Waals surface area contributed by atoms with Crippen LogP contribution < -0.4 is 4.74 Å². The normalized spacial score (nSPS) is 10.7. The molecule has 8 nitrogen and oxygen atoms in total. The number of furan rings is 1. The first-order valence-corrected chi connectivity index (χ1v) is 10.3. The molecule has 0 aliphatic heterocycles. The standard InChI is InChI=1S/C24H29N3O5/c1-25-11-5-8-20(25)16-27(17-22-10-6-13-32-22)23(28)18-26(12-14-30-2)24(29)19-7-4-9-21(15-19)31-3/h4-11,13,15H,12,14,16-18H2,1-3H3. The van der Waals surface area contributed by atoms with E-state index in [2.05, 4.69) is 0 Å². The Hall–Kier alpha value is -3.52. The van der Waals surface area contributed by atoms with E-state index >= 15 is 0 Å². The summed E-state index contributed by atoms with van der Waals surface area (Å²) in [6, 6.07) is 14.4. The number of methoxy groups -OCH3 is 2. The number of ether oxygens (including phenoxy) is 2. The molecule has 0 aliphatic rings. The van der Waals surface area contributed by atoms with Gasteiger partial charge in [0.25, 0.3) is 5.91 Å². The molecule has 32 heavy (non-hydrogen) atoms. The molecule has 3 rings (SSSR count). The summed E-state index contributed by atoms with van der Waals surface area (Å²) in [5, 5.41) is 0. The lowest BCUT2D eigenvalue weighted by Crippen LogP contribution is -2.43. The molecule has 0 saturated carbocycles. The van der Waals surface area contributed by atoms with Crippen LogP contribution in [0.15, 0.2) is 65.4 Å². The third kappa shape index (κ3) is 6.01. The van der Waals surface area contributed by atoms with E-state index in [1.54, 1.807) is 55.7 Å². The second kappa shape index (κ2) is 11.2. The fourth-order valence-corrected chi connectivity index (χ4v) is 3.34. The van der Waals surface area contributed by atoms with Crippen LogP contribution in [0.5, 0.6) is 5.75 Å². The Morgan fingerprint density at radius 1 is 1.03 bits per heavy atom. The molecule has 2 aromatic heterocycles. The zero-order valence-electron chi connectivity index (χ0n) is 18.7. The van der Waals surface area contributed by atoms with Crippen LogP contribution in [0.2, 0.25) is 0 Å². The smallest absolute Gasteiger partial charge is 0.254 e. The number of nitrogens with zero attached hydrogens (tertiary/aromatic N) is 3. The van der Waals surface area contributed by atoms with Gasteiger partial charge in [-0.3, -0.25) is 9.59 Å². The minimum atomic E-state index is -0.258. The summed E-state index contributed by atoms with van der Waals surface area (Å²) in [4.78, 5) is 29.7. The van der Waals surface area contributed by atoms with Gasteiger partial charge in [-0.05, 0) is 42.5 Å². The summed E-state index contributed by atoms with van der Waals surface area (Å²) in [5.74, 6) is 0.813. The molecule has 0 bridgehead atoms. The van der Waals surface area contributed by atoms with Crippen LogP contribution in [0.4, 0.5) is 0 Å². The molecule has 2 amide bonds. The number of rotatable bonds is 11. The second-order valence-corrected chi connectivity index (χ2v) is 7.39. The van der Waals surface area contributed by atoms with E-state index in [1.807, 2.05) is 36.0 Å². The maximum atomic E-state index is 13.4. The number of amides is 2. The van der Waals surface area contributed by atoms with Gasteiger partial charge in [0.15, 0.2) is 0 Å². The summed E-state index contributed by atoms with van der Waals surface area (Å²) in [5.41, 5.74) is 1.43. The predicted molar refractivity (Wildman–Crippen MR) is 119 cm³/mol. The molecule has 170 valence electrons. The van der Waals surface area contributed by atoms with Crippen LogP contribution in [0.1, 0.15) is 21.8 Å². The molecule has 3 aromatic rings. The Morgan fingerprint density at radius 2 is 1.88 bits per heavy atom. The lowest BCUT2D eigenvalue weighted by atomic mass is 10.2. The Kier molecular flexibility index (Phi) is 8.10. The van der Waals surface area contributed by atoms with E-state index in [1.165, 1.54) is 4.90 Å². The Morgan fingerprint density at radius 3 is 2.53 bits per heavy atom. The number of aromatic nitrogens is 1. The first-order chi connectivity index (χ1) is 15.5. The monoisotopic (exact) mass is 439 g/mol. The van der Waals surface area contributed by atoms with Crippen molar-refractivity contribution < 1.29 is 23.5 Å². The molecule has 0 aliphatic carbocycles. The largest absolute Gasteiger partial charge is 0.497 e. The fourth-order valence-electron chi connectivity index (χ4n) is 3.34. The van der Waals surface area contributed by atoms with Crippen molar-refractivity contribution in [1.29, 1.82) is 0 Å². The summed E-state index contributed by atoms with van der Waals surface area (Å²) in [6.07, 6.45) is 3.51. The van der Waals surface area contributed by atoms with E-state index in [4.69, 9.17) is 13.9 Å². The zero-order valence-corrected chi connectivity index (χ0v) is 18.7. The highest BCUT2D eigenvalue weighted by atomic mass is 16.5. The van der Waals surface area contributed by atoms with Gasteiger partial charge in [0.2, 0.25) is 5.91 Å². The van der Waals surface area contributed by atoms with Gasteiger partial charge in [0.05, 0.1) is 33.1 Å². The Balaban J connectivity index is 1.80. The highest BCUT2D eigenvalue weighted by Crippen LogP contribution is 2.16. The van der Waals surface area contributed by atoms with Crippen LogP contribution in [-0.4, -0.2) is 60.1 Å². The van der Waals surface area contributed by atoms with Crippen LogP contribution in [0.25, 0.3) is 0 Å². The summed E-state index contributed by atoms with van der Waals surface area (Å²) >= 11 is 0. The molecule has 0 saturated heterocycles. The minimum absolute atomic E-state index is 0.0788. The van der Waals surface area contributed by atoms with Crippen molar-refractivity contribution >= 4 is 11.8 Å². The van der Waals surface area contributed by atoms with Gasteiger partial charge in [-0.25, -0.2) is 0 Å². The number of hydrogen-bond acceptors (Lipinski definition) is 5. The lowest BCUT2D eigenvalue weighted by Gasteiger charge is -2.27. The van der Waals surface area contributed by atoms with Crippen molar-refractivity contribution in [3.05, 3.63) is 78.0 Å². The molecule has 0 atom stereocenters. The molecule has 0 spiro atoms. The molecular formula is C24H29N3O5. The summed E-state index contributed by atoms with van der Waals surface area (Å²) in [6.45, 7) is 1.23. The Bertz CT molecular complexity index is 1010. The van der Waals surface area contributed by atoms with E-state index in [-0.39, 0.29) is 24.9 Å². The highest BCUT2D eigenvalue weighted by molar-refractivity contribution is 5.96. The number of carbonyl (C=O) groups excluding carboxylic acids is 2. The fraction of sp³-hybridized carbons (Fsp3) is 0.333. The highest BCUT2D eigenvalue weighted by Gasteiger charge is 2.24. The molecule has 0 N–H and O–H groups in total. The first-order valence-electron chi connectivity index (χ1n) is 10.3. The second-order valence-electron chi connectivity index (χ2n) is 7.39. The van der Waals surface area contributed by atoms with Gasteiger partial charge in [0, 0.05) is 38.2 Å². The van der Waals surface area contributed by atoms with E-state index in [9.17, 15) is 9.59 Å². The molecule has 0 unspecified atom stereocenters. The topological polar surface area (TPSA) is 77.2 Å². The van der Waals surface area contributed by atoms with E-state index in [0.717, 1.165) is 5.69 Å². The third-order valence-corrected chi connectivity index (χ3v) is 5.18. The number of hydrogen-bond donors (Lipinski definition) is 0. The van der Waals surface area contributed by atoms with Gasteiger partial charge in [-0.1, -0.05) is 6.07 Å². The van der Waals surface area contributed by atoms with Crippen molar-refractivity contribution in [3.8, 4) is 5.75 Å². The van der Waals surface area contributed by atoms with E-state index in [0.29, 0.717) is 36.8 Å². The van der Waals surface area contributed by atoms with Crippen molar-refractivity contribution in [2.45, 2.75) is 13.1 Å². The number of benzene rings is 1. The number of carbonyl (C=O) groups is 2. The Labute approximate surface area is 187 Å². The predicted octanol–water partition coefficient (Wildman–Crippen LogP) is 2.94. The molecule has 0 fully saturated rings. The first kappa shape index (κ1) is 23.1. The molecular weight excluding hydrogens is 410 g/mol. The van der Waals surface area contributed by atoms with Gasteiger partial charge in [-0.2, -0.15) is 0 Å². The SMILES string of the molecule is COCCN(CC(=O)N(Cc1ccco1)Cc1cccn1C)C(=O)c1cccc(OC)c1. The van der Waals surface area contributed by atoms with Gasteiger partial charge in [-0.15, -0.1) is 0 Å². The van der Waals surface area contributed by atoms with Crippen molar-refractivity contribution in [2.24, 2.45) is 7.05 Å². The van der Waals surface area contributed by atoms with Crippen molar-refractivity contribution in [1.82, 2.24) is 14.4 Å². The average Bonchev–Trinajstić information content (AvgIpc) is 3.47. The summed E-state index contributed by atoms with van der Waals surface area (Å²) < 4.78 is 17.8. The molecule has 0 radical (unpaired) electrons. The quantitative estimate of drug-likeness (QED) is 0.459. The molecule has 8 heteroatoms. The van der Waals surface area contributed by atoms with Gasteiger partial charge in [0.1, 0.15) is 18.1 Å². The van der Waals surface area contributed by atoms with Gasteiger partial charge < -0.3 is 28.3 Å². The summed E-state index contributed by atoms with van der Waals surface area (Å²) in [7, 11) is 5.04. The maximum absolute atomic E-state index is 13.4.